The van der Waals surface area contributed by atoms with Crippen molar-refractivity contribution in [3.8, 4) is 11.5 Å². The van der Waals surface area contributed by atoms with Gasteiger partial charge in [-0.05, 0) is 67.3 Å². The van der Waals surface area contributed by atoms with Crippen LogP contribution in [0.15, 0.2) is 78.9 Å². The zero-order valence-electron chi connectivity index (χ0n) is 22.4. The first-order chi connectivity index (χ1) is 18.4. The van der Waals surface area contributed by atoms with Gasteiger partial charge in [0.05, 0.1) is 13.7 Å². The second-order valence-electron chi connectivity index (χ2n) is 9.30. The molecular formula is C31H37ClN2O4. The zero-order valence-corrected chi connectivity index (χ0v) is 23.1. The molecule has 0 aliphatic carbocycles. The number of carbonyl (C=O) groups excluding carboxylic acids is 2. The maximum Gasteiger partial charge on any atom is 0.243 e. The molecule has 2 atom stereocenters. The van der Waals surface area contributed by atoms with E-state index in [1.165, 1.54) is 0 Å². The molecule has 3 aromatic rings. The van der Waals surface area contributed by atoms with Gasteiger partial charge in [-0.2, -0.15) is 0 Å². The van der Waals surface area contributed by atoms with Gasteiger partial charge in [0.2, 0.25) is 11.8 Å². The smallest absolute Gasteiger partial charge is 0.243 e. The lowest BCUT2D eigenvalue weighted by Gasteiger charge is -2.32. The molecule has 3 aromatic carbocycles. The zero-order chi connectivity index (χ0) is 27.3. The third kappa shape index (κ3) is 9.10. The summed E-state index contributed by atoms with van der Waals surface area (Å²) in [4.78, 5) is 28.9. The Hall–Kier alpha value is -3.51. The second kappa shape index (κ2) is 15.0. The quantitative estimate of drug-likeness (QED) is 0.254. The SMILES string of the molecule is CCC(C)NC(=O)C(Cc1ccccc1)N(Cc1cccc(Cl)c1)C(=O)CCCOc1ccc(OC)cc1. The molecular weight excluding hydrogens is 500 g/mol. The standard InChI is InChI=1S/C31H37ClN2O4/c1-4-23(2)33-31(36)29(21-24-10-6-5-7-11-24)34(22-25-12-8-13-26(32)20-25)30(35)14-9-19-38-28-17-15-27(37-3)16-18-28/h5-8,10-13,15-18,20,23,29H,4,9,14,19,21-22H2,1-3H3,(H,33,36). The highest BCUT2D eigenvalue weighted by molar-refractivity contribution is 6.30. The highest BCUT2D eigenvalue weighted by Crippen LogP contribution is 2.20. The van der Waals surface area contributed by atoms with Crippen LogP contribution < -0.4 is 14.8 Å². The van der Waals surface area contributed by atoms with Gasteiger partial charge in [-0.25, -0.2) is 0 Å². The predicted octanol–water partition coefficient (Wildman–Crippen LogP) is 6.06. The first kappa shape index (κ1) is 29.1. The fourth-order valence-corrected chi connectivity index (χ4v) is 4.27. The van der Waals surface area contributed by atoms with E-state index in [-0.39, 0.29) is 30.8 Å². The molecule has 0 aromatic heterocycles. The normalized spacial score (nSPS) is 12.3. The molecule has 1 N–H and O–H groups in total. The number of halogens is 1. The van der Waals surface area contributed by atoms with Crippen LogP contribution in [-0.2, 0) is 22.6 Å². The largest absolute Gasteiger partial charge is 0.497 e. The topological polar surface area (TPSA) is 67.9 Å². The number of hydrogen-bond donors (Lipinski definition) is 1. The molecule has 3 rings (SSSR count). The fourth-order valence-electron chi connectivity index (χ4n) is 4.06. The van der Waals surface area contributed by atoms with E-state index in [9.17, 15) is 9.59 Å². The summed E-state index contributed by atoms with van der Waals surface area (Å²) in [6.07, 6.45) is 1.98. The van der Waals surface area contributed by atoms with E-state index >= 15 is 0 Å². The third-order valence-electron chi connectivity index (χ3n) is 6.38. The Kier molecular flexibility index (Phi) is 11.5. The summed E-state index contributed by atoms with van der Waals surface area (Å²) in [6.45, 7) is 4.65. The summed E-state index contributed by atoms with van der Waals surface area (Å²) in [5.74, 6) is 1.20. The molecule has 0 fully saturated rings. The van der Waals surface area contributed by atoms with Gasteiger partial charge < -0.3 is 19.7 Å². The maximum absolute atomic E-state index is 13.7. The maximum atomic E-state index is 13.7. The number of ether oxygens (including phenoxy) is 2. The number of nitrogens with one attached hydrogen (secondary N) is 1. The van der Waals surface area contributed by atoms with Crippen molar-refractivity contribution in [3.05, 3.63) is 95.0 Å². The summed E-state index contributed by atoms with van der Waals surface area (Å²) >= 11 is 6.24. The minimum Gasteiger partial charge on any atom is -0.497 e. The van der Waals surface area contributed by atoms with E-state index in [0.29, 0.717) is 30.2 Å². The van der Waals surface area contributed by atoms with Crippen LogP contribution in [0.3, 0.4) is 0 Å². The molecule has 0 radical (unpaired) electrons. The summed E-state index contributed by atoms with van der Waals surface area (Å²) < 4.78 is 11.0. The molecule has 38 heavy (non-hydrogen) atoms. The Morgan fingerprint density at radius 3 is 2.29 bits per heavy atom. The Bertz CT molecular complexity index is 1150. The average Bonchev–Trinajstić information content (AvgIpc) is 2.93. The van der Waals surface area contributed by atoms with Gasteiger partial charge in [-0.15, -0.1) is 0 Å². The van der Waals surface area contributed by atoms with Crippen LogP contribution in [0.5, 0.6) is 11.5 Å². The van der Waals surface area contributed by atoms with Crippen LogP contribution in [0, 0.1) is 0 Å². The predicted molar refractivity (Wildman–Crippen MR) is 152 cm³/mol. The third-order valence-corrected chi connectivity index (χ3v) is 6.61. The van der Waals surface area contributed by atoms with Crippen LogP contribution in [0.2, 0.25) is 5.02 Å². The summed E-state index contributed by atoms with van der Waals surface area (Å²) in [6, 6.07) is 23.9. The molecule has 0 aliphatic rings. The number of carbonyl (C=O) groups is 2. The molecule has 2 amide bonds. The van der Waals surface area contributed by atoms with Crippen molar-refractivity contribution in [1.29, 1.82) is 0 Å². The van der Waals surface area contributed by atoms with Gasteiger partial charge >= 0.3 is 0 Å². The van der Waals surface area contributed by atoms with E-state index in [1.54, 1.807) is 18.1 Å². The molecule has 0 bridgehead atoms. The summed E-state index contributed by atoms with van der Waals surface area (Å²) in [5.41, 5.74) is 1.86. The molecule has 202 valence electrons. The molecule has 7 heteroatoms. The van der Waals surface area contributed by atoms with Gasteiger partial charge in [0.25, 0.3) is 0 Å². The highest BCUT2D eigenvalue weighted by Gasteiger charge is 2.30. The van der Waals surface area contributed by atoms with Gasteiger partial charge in [0.1, 0.15) is 17.5 Å². The number of amides is 2. The minimum absolute atomic E-state index is 0.00166. The lowest BCUT2D eigenvalue weighted by atomic mass is 10.0. The summed E-state index contributed by atoms with van der Waals surface area (Å²) in [7, 11) is 1.62. The number of rotatable bonds is 14. The minimum atomic E-state index is -0.666. The Labute approximate surface area is 230 Å². The molecule has 0 aliphatic heterocycles. The van der Waals surface area contributed by atoms with Crippen molar-refractivity contribution in [2.75, 3.05) is 13.7 Å². The number of nitrogens with zero attached hydrogens (tertiary/aromatic N) is 1. The van der Waals surface area contributed by atoms with E-state index in [1.807, 2.05) is 86.6 Å². The number of benzene rings is 3. The molecule has 0 heterocycles. The van der Waals surface area contributed by atoms with Crippen molar-refractivity contribution >= 4 is 23.4 Å². The molecule has 0 spiro atoms. The van der Waals surface area contributed by atoms with Crippen molar-refractivity contribution in [2.24, 2.45) is 0 Å². The lowest BCUT2D eigenvalue weighted by molar-refractivity contribution is -0.141. The van der Waals surface area contributed by atoms with Crippen LogP contribution in [0.25, 0.3) is 0 Å². The van der Waals surface area contributed by atoms with Crippen molar-refractivity contribution in [1.82, 2.24) is 10.2 Å². The monoisotopic (exact) mass is 536 g/mol. The van der Waals surface area contributed by atoms with Gasteiger partial charge in [0.15, 0.2) is 0 Å². The van der Waals surface area contributed by atoms with Crippen molar-refractivity contribution in [3.63, 3.8) is 0 Å². The molecule has 6 nitrogen and oxygen atoms in total. The Morgan fingerprint density at radius 2 is 1.63 bits per heavy atom. The van der Waals surface area contributed by atoms with Crippen LogP contribution >= 0.6 is 11.6 Å². The molecule has 2 unspecified atom stereocenters. The van der Waals surface area contributed by atoms with Gasteiger partial charge in [-0.1, -0.05) is 61.0 Å². The second-order valence-corrected chi connectivity index (χ2v) is 9.74. The number of hydrogen-bond acceptors (Lipinski definition) is 4. The first-order valence-corrected chi connectivity index (χ1v) is 13.4. The highest BCUT2D eigenvalue weighted by atomic mass is 35.5. The fraction of sp³-hybridized carbons (Fsp3) is 0.355. The van der Waals surface area contributed by atoms with E-state index in [0.717, 1.165) is 23.3 Å². The Balaban J connectivity index is 1.78. The number of methoxy groups -OCH3 is 1. The van der Waals surface area contributed by atoms with E-state index < -0.39 is 6.04 Å². The van der Waals surface area contributed by atoms with Crippen LogP contribution in [0.1, 0.15) is 44.2 Å². The van der Waals surface area contributed by atoms with Crippen LogP contribution in [0.4, 0.5) is 0 Å². The molecule has 0 saturated carbocycles. The summed E-state index contributed by atoms with van der Waals surface area (Å²) in [5, 5.41) is 3.68. The van der Waals surface area contributed by atoms with Crippen molar-refractivity contribution in [2.45, 2.75) is 58.2 Å². The first-order valence-electron chi connectivity index (χ1n) is 13.0. The van der Waals surface area contributed by atoms with Crippen LogP contribution in [-0.4, -0.2) is 42.5 Å². The average molecular weight is 537 g/mol. The van der Waals surface area contributed by atoms with Gasteiger partial charge in [0, 0.05) is 30.5 Å². The van der Waals surface area contributed by atoms with Gasteiger partial charge in [-0.3, -0.25) is 9.59 Å². The Morgan fingerprint density at radius 1 is 0.947 bits per heavy atom. The van der Waals surface area contributed by atoms with Crippen molar-refractivity contribution < 1.29 is 19.1 Å². The molecule has 0 saturated heterocycles. The van der Waals surface area contributed by atoms with E-state index in [4.69, 9.17) is 21.1 Å². The lowest BCUT2D eigenvalue weighted by Crippen LogP contribution is -2.52. The van der Waals surface area contributed by atoms with E-state index in [2.05, 4.69) is 5.32 Å².